The molecule has 0 aromatic carbocycles. The third-order valence-corrected chi connectivity index (χ3v) is 6.14. The van der Waals surface area contributed by atoms with Gasteiger partial charge < -0.3 is 15.0 Å². The minimum absolute atomic E-state index is 0.0915. The lowest BCUT2D eigenvalue weighted by atomic mass is 9.83. The minimum atomic E-state index is -4.62. The number of halogens is 3. The number of anilines is 3. The molecule has 162 valence electrons. The smallest absolute Gasteiger partial charge is 0.378 e. The Hall–Kier alpha value is -2.40. The van der Waals surface area contributed by atoms with Crippen molar-refractivity contribution in [2.45, 2.75) is 37.4 Å². The zero-order valence-corrected chi connectivity index (χ0v) is 16.5. The van der Waals surface area contributed by atoms with Crippen molar-refractivity contribution < 1.29 is 17.9 Å². The van der Waals surface area contributed by atoms with E-state index in [1.54, 1.807) is 6.07 Å². The zero-order valence-electron chi connectivity index (χ0n) is 16.5. The van der Waals surface area contributed by atoms with Crippen molar-refractivity contribution >= 4 is 17.5 Å². The van der Waals surface area contributed by atoms with Crippen molar-refractivity contribution in [3.05, 3.63) is 23.7 Å². The van der Waals surface area contributed by atoms with E-state index in [1.165, 1.54) is 6.42 Å². The molecule has 0 amide bonds. The lowest BCUT2D eigenvalue weighted by molar-refractivity contribution is -0.144. The monoisotopic (exact) mass is 423 g/mol. The van der Waals surface area contributed by atoms with E-state index in [0.717, 1.165) is 44.8 Å². The standard InChI is InChI=1S/C19H24F3N7O/c20-19(21,22)18-24-15(23-16-8-14(26-27-16)12-2-1-3-12)9-17(25-18)29-6-4-28(5-7-29)13-10-30-11-13/h8-9,12-13H,1-7,10-11H2,(H2,23,24,25,26,27). The molecule has 2 aliphatic heterocycles. The Morgan fingerprint density at radius 2 is 1.80 bits per heavy atom. The Morgan fingerprint density at radius 3 is 2.40 bits per heavy atom. The summed E-state index contributed by atoms with van der Waals surface area (Å²) in [4.78, 5) is 11.7. The van der Waals surface area contributed by atoms with E-state index in [2.05, 4.69) is 30.4 Å². The summed E-state index contributed by atoms with van der Waals surface area (Å²) in [5, 5.41) is 10.1. The van der Waals surface area contributed by atoms with Gasteiger partial charge in [-0.1, -0.05) is 6.42 Å². The van der Waals surface area contributed by atoms with Crippen LogP contribution in [-0.4, -0.2) is 70.5 Å². The molecule has 4 heterocycles. The molecule has 0 radical (unpaired) electrons. The number of piperazine rings is 1. The topological polar surface area (TPSA) is 82.2 Å². The van der Waals surface area contributed by atoms with Gasteiger partial charge in [-0.15, -0.1) is 0 Å². The van der Waals surface area contributed by atoms with Crippen LogP contribution in [0, 0.1) is 0 Å². The predicted octanol–water partition coefficient (Wildman–Crippen LogP) is 2.75. The SMILES string of the molecule is FC(F)(F)c1nc(Nc2cc(C3CCC3)[nH]n2)cc(N2CCN(C3COC3)CC2)n1. The van der Waals surface area contributed by atoms with Gasteiger partial charge in [-0.3, -0.25) is 10.00 Å². The largest absolute Gasteiger partial charge is 0.451 e. The first-order valence-electron chi connectivity index (χ1n) is 10.3. The first-order chi connectivity index (χ1) is 14.5. The molecule has 11 heteroatoms. The number of aromatic nitrogens is 4. The van der Waals surface area contributed by atoms with Crippen LogP contribution in [0.3, 0.4) is 0 Å². The fraction of sp³-hybridized carbons (Fsp3) is 0.632. The van der Waals surface area contributed by atoms with Gasteiger partial charge in [0.2, 0.25) is 5.82 Å². The third kappa shape index (κ3) is 3.95. The van der Waals surface area contributed by atoms with Crippen molar-refractivity contribution in [2.24, 2.45) is 0 Å². The number of nitrogens with zero attached hydrogens (tertiary/aromatic N) is 5. The first-order valence-corrected chi connectivity index (χ1v) is 10.3. The van der Waals surface area contributed by atoms with Crippen molar-refractivity contribution in [2.75, 3.05) is 49.6 Å². The van der Waals surface area contributed by atoms with Gasteiger partial charge in [-0.2, -0.15) is 18.3 Å². The van der Waals surface area contributed by atoms with E-state index >= 15 is 0 Å². The molecule has 2 aromatic heterocycles. The number of nitrogens with one attached hydrogen (secondary N) is 2. The van der Waals surface area contributed by atoms with Crippen molar-refractivity contribution in [1.29, 1.82) is 0 Å². The molecule has 8 nitrogen and oxygen atoms in total. The molecule has 3 aliphatic rings. The highest BCUT2D eigenvalue weighted by atomic mass is 19.4. The molecule has 0 bridgehead atoms. The number of aromatic amines is 1. The van der Waals surface area contributed by atoms with Gasteiger partial charge in [-0.05, 0) is 12.8 Å². The maximum Gasteiger partial charge on any atom is 0.451 e. The number of rotatable bonds is 5. The average Bonchev–Trinajstić information content (AvgIpc) is 3.06. The van der Waals surface area contributed by atoms with E-state index in [9.17, 15) is 13.2 Å². The molecular formula is C19H24F3N7O. The molecule has 2 aromatic rings. The first kappa shape index (κ1) is 19.6. The van der Waals surface area contributed by atoms with E-state index < -0.39 is 12.0 Å². The molecule has 30 heavy (non-hydrogen) atoms. The highest BCUT2D eigenvalue weighted by molar-refractivity contribution is 5.57. The quantitative estimate of drug-likeness (QED) is 0.765. The summed E-state index contributed by atoms with van der Waals surface area (Å²) in [6, 6.07) is 3.83. The van der Waals surface area contributed by atoms with Gasteiger partial charge >= 0.3 is 6.18 Å². The highest BCUT2D eigenvalue weighted by Crippen LogP contribution is 2.36. The highest BCUT2D eigenvalue weighted by Gasteiger charge is 2.36. The Bertz CT molecular complexity index is 886. The molecule has 2 saturated heterocycles. The van der Waals surface area contributed by atoms with Gasteiger partial charge in [0.05, 0.1) is 19.3 Å². The summed E-state index contributed by atoms with van der Waals surface area (Å²) >= 11 is 0. The molecule has 0 atom stereocenters. The van der Waals surface area contributed by atoms with Gasteiger partial charge in [0.1, 0.15) is 11.6 Å². The van der Waals surface area contributed by atoms with E-state index in [-0.39, 0.29) is 11.6 Å². The molecule has 1 saturated carbocycles. The number of alkyl halides is 3. The molecule has 1 aliphatic carbocycles. The van der Waals surface area contributed by atoms with Crippen LogP contribution in [0.4, 0.5) is 30.6 Å². The molecular weight excluding hydrogens is 399 g/mol. The van der Waals surface area contributed by atoms with Crippen LogP contribution in [0.2, 0.25) is 0 Å². The van der Waals surface area contributed by atoms with Crippen LogP contribution >= 0.6 is 0 Å². The normalized spacial score (nSPS) is 21.4. The second kappa shape index (κ2) is 7.69. The fourth-order valence-corrected chi connectivity index (χ4v) is 4.00. The Morgan fingerprint density at radius 1 is 1.03 bits per heavy atom. The van der Waals surface area contributed by atoms with E-state index in [4.69, 9.17) is 4.74 Å². The summed E-state index contributed by atoms with van der Waals surface area (Å²) in [5.41, 5.74) is 1.00. The molecule has 0 spiro atoms. The van der Waals surface area contributed by atoms with Gasteiger partial charge in [0.15, 0.2) is 5.82 Å². The number of hydrogen-bond donors (Lipinski definition) is 2. The second-order valence-electron chi connectivity index (χ2n) is 8.11. The van der Waals surface area contributed by atoms with Crippen LogP contribution < -0.4 is 10.2 Å². The van der Waals surface area contributed by atoms with Crippen LogP contribution in [0.25, 0.3) is 0 Å². The molecule has 5 rings (SSSR count). The van der Waals surface area contributed by atoms with Gasteiger partial charge in [0.25, 0.3) is 0 Å². The summed E-state index contributed by atoms with van der Waals surface area (Å²) in [6.45, 7) is 4.22. The Balaban J connectivity index is 1.34. The lowest BCUT2D eigenvalue weighted by Gasteiger charge is -2.42. The van der Waals surface area contributed by atoms with Gasteiger partial charge in [0, 0.05) is 49.9 Å². The Labute approximate surface area is 171 Å². The van der Waals surface area contributed by atoms with E-state index in [0.29, 0.717) is 30.9 Å². The van der Waals surface area contributed by atoms with Crippen LogP contribution in [0.1, 0.15) is 36.7 Å². The summed E-state index contributed by atoms with van der Waals surface area (Å²) < 4.78 is 45.5. The van der Waals surface area contributed by atoms with Gasteiger partial charge in [-0.25, -0.2) is 9.97 Å². The number of ether oxygens (including phenoxy) is 1. The number of H-pyrrole nitrogens is 1. The Kier molecular flexibility index (Phi) is 5.02. The summed E-state index contributed by atoms with van der Waals surface area (Å²) in [5.74, 6) is 0.140. The zero-order chi connectivity index (χ0) is 20.7. The minimum Gasteiger partial charge on any atom is -0.378 e. The average molecular weight is 423 g/mol. The molecule has 0 unspecified atom stereocenters. The van der Waals surface area contributed by atoms with Crippen molar-refractivity contribution in [3.8, 4) is 0 Å². The van der Waals surface area contributed by atoms with Crippen LogP contribution in [-0.2, 0) is 10.9 Å². The second-order valence-corrected chi connectivity index (χ2v) is 8.11. The summed E-state index contributed by atoms with van der Waals surface area (Å²) in [7, 11) is 0. The number of hydrogen-bond acceptors (Lipinski definition) is 7. The van der Waals surface area contributed by atoms with Crippen LogP contribution in [0.15, 0.2) is 12.1 Å². The third-order valence-electron chi connectivity index (χ3n) is 6.14. The van der Waals surface area contributed by atoms with Crippen LogP contribution in [0.5, 0.6) is 0 Å². The van der Waals surface area contributed by atoms with Crippen molar-refractivity contribution in [3.63, 3.8) is 0 Å². The fourth-order valence-electron chi connectivity index (χ4n) is 4.00. The summed E-state index contributed by atoms with van der Waals surface area (Å²) in [6.07, 6.45) is -1.22. The van der Waals surface area contributed by atoms with E-state index in [1.807, 2.05) is 11.0 Å². The maximum absolute atomic E-state index is 13.4. The lowest BCUT2D eigenvalue weighted by Crippen LogP contribution is -2.56. The van der Waals surface area contributed by atoms with Crippen molar-refractivity contribution in [1.82, 2.24) is 25.1 Å². The molecule has 2 N–H and O–H groups in total. The predicted molar refractivity (Wildman–Crippen MR) is 104 cm³/mol. The maximum atomic E-state index is 13.4. The molecule has 3 fully saturated rings.